The molecule has 0 unspecified atom stereocenters. The van der Waals surface area contributed by atoms with E-state index >= 15 is 0 Å². The molecule has 6 nitrogen and oxygen atoms in total. The van der Waals surface area contributed by atoms with Crippen molar-refractivity contribution in [1.29, 1.82) is 0 Å². The minimum absolute atomic E-state index is 0.231. The Labute approximate surface area is 191 Å². The highest BCUT2D eigenvalue weighted by Gasteiger charge is 2.20. The number of carbonyl (C=O) groups excluding carboxylic acids is 1. The van der Waals surface area contributed by atoms with E-state index in [1.54, 1.807) is 60.7 Å². The van der Waals surface area contributed by atoms with Crippen LogP contribution in [0.5, 0.6) is 5.75 Å². The predicted octanol–water partition coefficient (Wildman–Crippen LogP) is 4.14. The van der Waals surface area contributed by atoms with E-state index in [-0.39, 0.29) is 18.9 Å². The average molecular weight is 477 g/mol. The van der Waals surface area contributed by atoms with Crippen molar-refractivity contribution in [3.63, 3.8) is 0 Å². The Morgan fingerprint density at radius 2 is 1.56 bits per heavy atom. The zero-order valence-electron chi connectivity index (χ0n) is 17.3. The Balaban J connectivity index is 1.53. The molecule has 0 aromatic heterocycles. The number of halogens is 2. The largest absolute Gasteiger partial charge is 0.489 e. The molecular weight excluding hydrogens is 455 g/mol. The smallest absolute Gasteiger partial charge is 0.241 e. The molecule has 9 heteroatoms. The third kappa shape index (κ3) is 6.96. The lowest BCUT2D eigenvalue weighted by molar-refractivity contribution is -0.119. The summed E-state index contributed by atoms with van der Waals surface area (Å²) in [5.41, 5.74) is 2.03. The standard InChI is InChI=1S/C23H22ClFN2O4S/c1-32(29,30)27(21-10-6-19(24)7-11-21)15-23(28)26-14-17-4-12-22(13-5-17)31-16-18-2-8-20(25)9-3-18/h2-13H,14-16H2,1H3,(H,26,28). The van der Waals surface area contributed by atoms with Crippen molar-refractivity contribution in [2.24, 2.45) is 0 Å². The fourth-order valence-electron chi connectivity index (χ4n) is 2.85. The van der Waals surface area contributed by atoms with Crippen LogP contribution in [-0.2, 0) is 28.0 Å². The molecule has 3 rings (SSSR count). The number of amides is 1. The third-order valence-corrected chi connectivity index (χ3v) is 5.93. The summed E-state index contributed by atoms with van der Waals surface area (Å²) in [6.07, 6.45) is 1.04. The number of carbonyl (C=O) groups is 1. The van der Waals surface area contributed by atoms with E-state index in [0.29, 0.717) is 23.1 Å². The maximum absolute atomic E-state index is 12.9. The van der Waals surface area contributed by atoms with Gasteiger partial charge >= 0.3 is 0 Å². The number of rotatable bonds is 9. The summed E-state index contributed by atoms with van der Waals surface area (Å²) >= 11 is 5.85. The van der Waals surface area contributed by atoms with E-state index in [4.69, 9.17) is 16.3 Å². The van der Waals surface area contributed by atoms with Crippen LogP contribution in [0.4, 0.5) is 10.1 Å². The molecule has 1 amide bonds. The molecule has 0 bridgehead atoms. The zero-order chi connectivity index (χ0) is 23.1. The van der Waals surface area contributed by atoms with Crippen LogP contribution in [-0.4, -0.2) is 27.1 Å². The fraction of sp³-hybridized carbons (Fsp3) is 0.174. The van der Waals surface area contributed by atoms with Gasteiger partial charge in [-0.2, -0.15) is 0 Å². The zero-order valence-corrected chi connectivity index (χ0v) is 18.9. The van der Waals surface area contributed by atoms with Crippen LogP contribution in [0.2, 0.25) is 5.02 Å². The molecule has 0 spiro atoms. The lowest BCUT2D eigenvalue weighted by atomic mass is 10.2. The number of benzene rings is 3. The number of nitrogens with zero attached hydrogens (tertiary/aromatic N) is 1. The van der Waals surface area contributed by atoms with E-state index in [1.807, 2.05) is 0 Å². The van der Waals surface area contributed by atoms with Gasteiger partial charge in [-0.3, -0.25) is 9.10 Å². The summed E-state index contributed by atoms with van der Waals surface area (Å²) in [5, 5.41) is 3.19. The van der Waals surface area contributed by atoms with Crippen LogP contribution < -0.4 is 14.4 Å². The van der Waals surface area contributed by atoms with Gasteiger partial charge in [-0.05, 0) is 59.7 Å². The van der Waals surface area contributed by atoms with E-state index < -0.39 is 15.9 Å². The Kier molecular flexibility index (Phi) is 7.71. The second-order valence-electron chi connectivity index (χ2n) is 7.08. The summed E-state index contributed by atoms with van der Waals surface area (Å²) < 4.78 is 43.9. The molecular formula is C23H22ClFN2O4S. The first kappa shape index (κ1) is 23.6. The summed E-state index contributed by atoms with van der Waals surface area (Å²) in [4.78, 5) is 12.4. The molecule has 0 atom stereocenters. The maximum atomic E-state index is 12.9. The Bertz CT molecular complexity index is 1150. The Morgan fingerprint density at radius 3 is 2.16 bits per heavy atom. The van der Waals surface area contributed by atoms with Crippen molar-refractivity contribution in [1.82, 2.24) is 5.32 Å². The van der Waals surface area contributed by atoms with Gasteiger partial charge in [0.25, 0.3) is 0 Å². The summed E-state index contributed by atoms with van der Waals surface area (Å²) in [5.74, 6) is -0.106. The summed E-state index contributed by atoms with van der Waals surface area (Å²) in [6.45, 7) is 0.191. The van der Waals surface area contributed by atoms with Gasteiger partial charge in [-0.15, -0.1) is 0 Å². The summed E-state index contributed by atoms with van der Waals surface area (Å²) in [7, 11) is -3.65. The highest BCUT2D eigenvalue weighted by molar-refractivity contribution is 7.92. The first-order valence-electron chi connectivity index (χ1n) is 9.67. The normalized spacial score (nSPS) is 11.1. The quantitative estimate of drug-likeness (QED) is 0.503. The minimum atomic E-state index is -3.65. The Hall–Kier alpha value is -3.10. The fourth-order valence-corrected chi connectivity index (χ4v) is 3.83. The molecule has 168 valence electrons. The predicted molar refractivity (Wildman–Crippen MR) is 123 cm³/mol. The molecule has 3 aromatic carbocycles. The van der Waals surface area contributed by atoms with Crippen molar-refractivity contribution >= 4 is 33.2 Å². The van der Waals surface area contributed by atoms with Crippen LogP contribution in [0.1, 0.15) is 11.1 Å². The van der Waals surface area contributed by atoms with Crippen molar-refractivity contribution in [3.05, 3.63) is 94.8 Å². The average Bonchev–Trinajstić information content (AvgIpc) is 2.76. The molecule has 32 heavy (non-hydrogen) atoms. The highest BCUT2D eigenvalue weighted by atomic mass is 35.5. The molecule has 0 aliphatic carbocycles. The second kappa shape index (κ2) is 10.5. The number of sulfonamides is 1. The summed E-state index contributed by atoms with van der Waals surface area (Å²) in [6, 6.07) is 19.4. The molecule has 0 radical (unpaired) electrons. The van der Waals surface area contributed by atoms with E-state index in [0.717, 1.165) is 21.7 Å². The maximum Gasteiger partial charge on any atom is 0.241 e. The lowest BCUT2D eigenvalue weighted by Gasteiger charge is -2.22. The Morgan fingerprint density at radius 1 is 0.969 bits per heavy atom. The SMILES string of the molecule is CS(=O)(=O)N(CC(=O)NCc1ccc(OCc2ccc(F)cc2)cc1)c1ccc(Cl)cc1. The van der Waals surface area contributed by atoms with Crippen LogP contribution in [0.15, 0.2) is 72.8 Å². The highest BCUT2D eigenvalue weighted by Crippen LogP contribution is 2.20. The van der Waals surface area contributed by atoms with Gasteiger partial charge in [0.05, 0.1) is 11.9 Å². The topological polar surface area (TPSA) is 75.7 Å². The van der Waals surface area contributed by atoms with Gasteiger partial charge in [0.2, 0.25) is 15.9 Å². The van der Waals surface area contributed by atoms with E-state index in [9.17, 15) is 17.6 Å². The van der Waals surface area contributed by atoms with E-state index in [2.05, 4.69) is 5.32 Å². The van der Waals surface area contributed by atoms with Crippen molar-refractivity contribution < 1.29 is 22.3 Å². The number of nitrogens with one attached hydrogen (secondary N) is 1. The van der Waals surface area contributed by atoms with Crippen LogP contribution in [0.25, 0.3) is 0 Å². The molecule has 0 aliphatic heterocycles. The molecule has 0 fully saturated rings. The van der Waals surface area contributed by atoms with Gasteiger partial charge in [-0.1, -0.05) is 35.9 Å². The lowest BCUT2D eigenvalue weighted by Crippen LogP contribution is -2.40. The van der Waals surface area contributed by atoms with Gasteiger partial charge < -0.3 is 10.1 Å². The van der Waals surface area contributed by atoms with Gasteiger partial charge in [0.1, 0.15) is 24.7 Å². The molecule has 0 heterocycles. The van der Waals surface area contributed by atoms with Gasteiger partial charge in [0.15, 0.2) is 0 Å². The van der Waals surface area contributed by atoms with Crippen molar-refractivity contribution in [2.45, 2.75) is 13.2 Å². The number of hydrogen-bond acceptors (Lipinski definition) is 4. The van der Waals surface area contributed by atoms with Gasteiger partial charge in [-0.25, -0.2) is 12.8 Å². The molecule has 0 saturated carbocycles. The monoisotopic (exact) mass is 476 g/mol. The number of anilines is 1. The third-order valence-electron chi connectivity index (χ3n) is 4.53. The van der Waals surface area contributed by atoms with Gasteiger partial charge in [0, 0.05) is 11.6 Å². The molecule has 0 aliphatic rings. The van der Waals surface area contributed by atoms with Crippen LogP contribution in [0, 0.1) is 5.82 Å². The van der Waals surface area contributed by atoms with Crippen molar-refractivity contribution in [2.75, 3.05) is 17.1 Å². The minimum Gasteiger partial charge on any atom is -0.489 e. The molecule has 0 saturated heterocycles. The first-order chi connectivity index (χ1) is 15.2. The number of hydrogen-bond donors (Lipinski definition) is 1. The molecule has 3 aromatic rings. The second-order valence-corrected chi connectivity index (χ2v) is 9.43. The van der Waals surface area contributed by atoms with E-state index in [1.165, 1.54) is 12.1 Å². The van der Waals surface area contributed by atoms with Crippen LogP contribution >= 0.6 is 11.6 Å². The van der Waals surface area contributed by atoms with Crippen molar-refractivity contribution in [3.8, 4) is 5.75 Å². The number of ether oxygens (including phenoxy) is 1. The molecule has 1 N–H and O–H groups in total. The van der Waals surface area contributed by atoms with Crippen LogP contribution in [0.3, 0.4) is 0 Å². The first-order valence-corrected chi connectivity index (χ1v) is 11.9.